The number of hydrogen-bond donors (Lipinski definition) is 0. The number of carbonyl (C=O) groups is 1. The fraction of sp³-hybridized carbons (Fsp3) is 0.909. The van der Waals surface area contributed by atoms with Crippen LogP contribution in [0.1, 0.15) is 52.9 Å². The molecule has 0 radical (unpaired) electrons. The maximum Gasteiger partial charge on any atom is 0.302 e. The van der Waals surface area contributed by atoms with E-state index in [-0.39, 0.29) is 5.97 Å². The van der Waals surface area contributed by atoms with Crippen molar-refractivity contribution < 1.29 is 9.53 Å². The molecule has 0 aromatic heterocycles. The van der Waals surface area contributed by atoms with Gasteiger partial charge in [-0.25, -0.2) is 0 Å². The van der Waals surface area contributed by atoms with Crippen LogP contribution in [0, 0.1) is 5.41 Å². The minimum Gasteiger partial charge on any atom is -0.469 e. The molecule has 1 rings (SSSR count). The van der Waals surface area contributed by atoms with Gasteiger partial charge in [0.05, 0.1) is 7.11 Å². The molecular formula is C11H22O2. The van der Waals surface area contributed by atoms with Crippen LogP contribution in [0.2, 0.25) is 0 Å². The van der Waals surface area contributed by atoms with Crippen molar-refractivity contribution in [3.05, 3.63) is 0 Å². The monoisotopic (exact) mass is 186 g/mol. The summed E-state index contributed by atoms with van der Waals surface area (Å²) >= 11 is 0. The number of ether oxygens (including phenoxy) is 1. The Labute approximate surface area is 81.7 Å². The molecule has 0 bridgehead atoms. The van der Waals surface area contributed by atoms with Gasteiger partial charge in [-0.2, -0.15) is 0 Å². The third kappa shape index (κ3) is 7.82. The summed E-state index contributed by atoms with van der Waals surface area (Å²) in [6.07, 6.45) is 7.31. The second-order valence-corrected chi connectivity index (χ2v) is 4.42. The maximum absolute atomic E-state index is 9.59. The first-order valence-corrected chi connectivity index (χ1v) is 5.02. The van der Waals surface area contributed by atoms with Gasteiger partial charge in [0.25, 0.3) is 0 Å². The Morgan fingerprint density at radius 3 is 1.69 bits per heavy atom. The molecule has 0 amide bonds. The Morgan fingerprint density at radius 2 is 1.54 bits per heavy atom. The van der Waals surface area contributed by atoms with E-state index < -0.39 is 0 Å². The van der Waals surface area contributed by atoms with Crippen LogP contribution in [0.3, 0.4) is 0 Å². The Hall–Kier alpha value is -0.530. The highest BCUT2D eigenvalue weighted by Crippen LogP contribution is 2.34. The lowest BCUT2D eigenvalue weighted by atomic mass is 9.78. The average Bonchev–Trinajstić information content (AvgIpc) is 2.05. The van der Waals surface area contributed by atoms with Gasteiger partial charge in [0, 0.05) is 6.92 Å². The molecule has 0 aromatic carbocycles. The zero-order valence-electron chi connectivity index (χ0n) is 9.35. The lowest BCUT2D eigenvalue weighted by molar-refractivity contribution is -0.137. The second kappa shape index (κ2) is 6.01. The van der Waals surface area contributed by atoms with E-state index in [1.165, 1.54) is 46.1 Å². The molecule has 1 fully saturated rings. The van der Waals surface area contributed by atoms with Crippen molar-refractivity contribution in [2.45, 2.75) is 52.9 Å². The molecule has 0 heterocycles. The quantitative estimate of drug-likeness (QED) is 0.543. The molecule has 2 heteroatoms. The number of rotatable bonds is 0. The molecule has 0 atom stereocenters. The number of methoxy groups -OCH3 is 1. The van der Waals surface area contributed by atoms with Gasteiger partial charge in [0.15, 0.2) is 0 Å². The summed E-state index contributed by atoms with van der Waals surface area (Å²) in [4.78, 5) is 9.59. The van der Waals surface area contributed by atoms with Crippen LogP contribution in [0.4, 0.5) is 0 Å². The molecule has 78 valence electrons. The van der Waals surface area contributed by atoms with Gasteiger partial charge in [-0.1, -0.05) is 33.1 Å². The molecule has 0 aliphatic heterocycles. The minimum atomic E-state index is -0.245. The minimum absolute atomic E-state index is 0.245. The smallest absolute Gasteiger partial charge is 0.302 e. The van der Waals surface area contributed by atoms with Gasteiger partial charge in [0.1, 0.15) is 0 Å². The van der Waals surface area contributed by atoms with E-state index in [2.05, 4.69) is 18.6 Å². The van der Waals surface area contributed by atoms with Gasteiger partial charge in [-0.05, 0) is 18.3 Å². The highest BCUT2D eigenvalue weighted by Gasteiger charge is 2.19. The van der Waals surface area contributed by atoms with Gasteiger partial charge in [-0.15, -0.1) is 0 Å². The van der Waals surface area contributed by atoms with Crippen molar-refractivity contribution in [3.8, 4) is 0 Å². The van der Waals surface area contributed by atoms with Crippen molar-refractivity contribution in [1.82, 2.24) is 0 Å². The molecule has 0 unspecified atom stereocenters. The van der Waals surface area contributed by atoms with Crippen LogP contribution in [0.5, 0.6) is 0 Å². The predicted octanol–water partition coefficient (Wildman–Crippen LogP) is 3.16. The van der Waals surface area contributed by atoms with Crippen molar-refractivity contribution in [2.24, 2.45) is 5.41 Å². The summed E-state index contributed by atoms with van der Waals surface area (Å²) in [6.45, 7) is 6.12. The zero-order valence-corrected chi connectivity index (χ0v) is 9.35. The normalized spacial score (nSPS) is 19.7. The Kier molecular flexibility index (Phi) is 5.76. The fourth-order valence-electron chi connectivity index (χ4n) is 1.51. The predicted molar refractivity (Wildman–Crippen MR) is 54.6 cm³/mol. The van der Waals surface area contributed by atoms with E-state index >= 15 is 0 Å². The largest absolute Gasteiger partial charge is 0.469 e. The summed E-state index contributed by atoms with van der Waals surface area (Å²) in [5.41, 5.74) is 0.679. The molecule has 1 aliphatic rings. The average molecular weight is 186 g/mol. The van der Waals surface area contributed by atoms with Crippen LogP contribution < -0.4 is 0 Å². The summed E-state index contributed by atoms with van der Waals surface area (Å²) in [7, 11) is 1.35. The maximum atomic E-state index is 9.59. The first kappa shape index (κ1) is 12.5. The molecule has 1 saturated carbocycles. The molecule has 0 N–H and O–H groups in total. The van der Waals surface area contributed by atoms with E-state index in [0.29, 0.717) is 5.41 Å². The zero-order chi connectivity index (χ0) is 10.3. The highest BCUT2D eigenvalue weighted by atomic mass is 16.5. The SMILES string of the molecule is CC1(C)CCCCC1.COC(C)=O. The fourth-order valence-corrected chi connectivity index (χ4v) is 1.51. The summed E-state index contributed by atoms with van der Waals surface area (Å²) in [5, 5.41) is 0. The third-order valence-electron chi connectivity index (χ3n) is 2.49. The van der Waals surface area contributed by atoms with Crippen molar-refractivity contribution >= 4 is 5.97 Å². The molecule has 0 saturated heterocycles. The van der Waals surface area contributed by atoms with Gasteiger partial charge >= 0.3 is 5.97 Å². The van der Waals surface area contributed by atoms with E-state index in [1.807, 2.05) is 0 Å². The van der Waals surface area contributed by atoms with Crippen molar-refractivity contribution in [1.29, 1.82) is 0 Å². The van der Waals surface area contributed by atoms with E-state index in [9.17, 15) is 4.79 Å². The topological polar surface area (TPSA) is 26.3 Å². The molecular weight excluding hydrogens is 164 g/mol. The summed E-state index contributed by atoms with van der Waals surface area (Å²) in [5.74, 6) is -0.245. The van der Waals surface area contributed by atoms with Crippen LogP contribution >= 0.6 is 0 Å². The Bertz CT molecular complexity index is 142. The van der Waals surface area contributed by atoms with E-state index in [0.717, 1.165) is 0 Å². The summed E-state index contributed by atoms with van der Waals surface area (Å²) in [6, 6.07) is 0. The van der Waals surface area contributed by atoms with Gasteiger partial charge in [0.2, 0.25) is 0 Å². The number of hydrogen-bond acceptors (Lipinski definition) is 2. The Balaban J connectivity index is 0.000000252. The molecule has 1 aliphatic carbocycles. The lowest BCUT2D eigenvalue weighted by Gasteiger charge is -2.28. The Morgan fingerprint density at radius 1 is 1.15 bits per heavy atom. The van der Waals surface area contributed by atoms with Gasteiger partial charge in [-0.3, -0.25) is 4.79 Å². The van der Waals surface area contributed by atoms with E-state index in [4.69, 9.17) is 0 Å². The number of carbonyl (C=O) groups excluding carboxylic acids is 1. The molecule has 0 spiro atoms. The standard InChI is InChI=1S/C8H16.C3H6O2/c1-8(2)6-4-3-5-7-8;1-3(4)5-2/h3-7H2,1-2H3;1-2H3. The van der Waals surface area contributed by atoms with Crippen LogP contribution in [0.15, 0.2) is 0 Å². The van der Waals surface area contributed by atoms with Crippen LogP contribution in [-0.4, -0.2) is 13.1 Å². The van der Waals surface area contributed by atoms with Crippen molar-refractivity contribution in [2.75, 3.05) is 7.11 Å². The van der Waals surface area contributed by atoms with Crippen LogP contribution in [-0.2, 0) is 9.53 Å². The lowest BCUT2D eigenvalue weighted by Crippen LogP contribution is -2.14. The number of esters is 1. The first-order chi connectivity index (χ1) is 5.98. The second-order valence-electron chi connectivity index (χ2n) is 4.42. The first-order valence-electron chi connectivity index (χ1n) is 5.02. The third-order valence-corrected chi connectivity index (χ3v) is 2.49. The molecule has 0 aromatic rings. The van der Waals surface area contributed by atoms with Gasteiger partial charge < -0.3 is 4.74 Å². The summed E-state index contributed by atoms with van der Waals surface area (Å²) < 4.78 is 4.11. The van der Waals surface area contributed by atoms with E-state index in [1.54, 1.807) is 0 Å². The molecule has 2 nitrogen and oxygen atoms in total. The highest BCUT2D eigenvalue weighted by molar-refractivity contribution is 5.65. The van der Waals surface area contributed by atoms with Crippen LogP contribution in [0.25, 0.3) is 0 Å². The van der Waals surface area contributed by atoms with Crippen molar-refractivity contribution in [3.63, 3.8) is 0 Å². The molecule has 13 heavy (non-hydrogen) atoms.